The summed E-state index contributed by atoms with van der Waals surface area (Å²) in [4.78, 5) is 3.94. The molecule has 2 nitrogen and oxygen atoms in total. The molecule has 14 heavy (non-hydrogen) atoms. The molecular weight excluding hydrogens is 171 g/mol. The van der Waals surface area contributed by atoms with E-state index in [2.05, 4.69) is 37.1 Å². The monoisotopic (exact) mass is 196 g/mol. The lowest BCUT2D eigenvalue weighted by Crippen LogP contribution is -2.17. The maximum absolute atomic E-state index is 4.01. The summed E-state index contributed by atoms with van der Waals surface area (Å²) in [5, 5.41) is 0. The Hall–Kier alpha value is -0.855. The molecule has 0 aliphatic rings. The van der Waals surface area contributed by atoms with Crippen molar-refractivity contribution in [3.8, 4) is 0 Å². The molecule has 0 aromatic carbocycles. The Balaban J connectivity index is 0. The largest absolute Gasteiger partial charge is 0.473 e. The second-order valence-electron chi connectivity index (χ2n) is 3.38. The van der Waals surface area contributed by atoms with Gasteiger partial charge in [0.1, 0.15) is 0 Å². The summed E-state index contributed by atoms with van der Waals surface area (Å²) >= 11 is 0. The van der Waals surface area contributed by atoms with E-state index in [9.17, 15) is 0 Å². The van der Waals surface area contributed by atoms with Crippen LogP contribution in [0, 0.1) is 6.82 Å². The first-order valence-corrected chi connectivity index (χ1v) is 5.30. The van der Waals surface area contributed by atoms with E-state index < -0.39 is 6.85 Å². The normalized spacial score (nSPS) is 10.8. The van der Waals surface area contributed by atoms with Crippen LogP contribution in [-0.4, -0.2) is 16.3 Å². The van der Waals surface area contributed by atoms with Crippen LogP contribution in [-0.2, 0) is 0 Å². The minimum absolute atomic E-state index is 0. The van der Waals surface area contributed by atoms with E-state index in [1.807, 2.05) is 12.5 Å². The van der Waals surface area contributed by atoms with Crippen LogP contribution >= 0.6 is 0 Å². The van der Waals surface area contributed by atoms with Gasteiger partial charge in [-0.3, -0.25) is 0 Å². The van der Waals surface area contributed by atoms with Gasteiger partial charge in [-0.05, 0) is 6.20 Å². The molecule has 0 spiro atoms. The second kappa shape index (κ2) is 10.2. The minimum Gasteiger partial charge on any atom is -0.473 e. The fraction of sp³-hybridized carbons (Fsp3) is 0.636. The van der Waals surface area contributed by atoms with E-state index in [-0.39, 0.29) is 7.43 Å². The van der Waals surface area contributed by atoms with Gasteiger partial charge in [0.2, 0.25) is 0 Å². The van der Waals surface area contributed by atoms with Gasteiger partial charge in [0, 0.05) is 6.20 Å². The number of nitrogens with zero attached hydrogens (tertiary/aromatic N) is 2. The van der Waals surface area contributed by atoms with Crippen molar-refractivity contribution in [2.75, 3.05) is 0 Å². The van der Waals surface area contributed by atoms with Gasteiger partial charge >= 0.3 is 0 Å². The molecule has 0 aliphatic carbocycles. The number of hydrogen-bond acceptors (Lipinski definition) is 1. The third-order valence-corrected chi connectivity index (χ3v) is 2.15. The number of aromatic nitrogens is 2. The summed E-state index contributed by atoms with van der Waals surface area (Å²) in [5.74, 6) is 0. The van der Waals surface area contributed by atoms with Gasteiger partial charge < -0.3 is 4.48 Å². The fourth-order valence-electron chi connectivity index (χ4n) is 0.809. The lowest BCUT2D eigenvalue weighted by Gasteiger charge is -2.07. The molecule has 1 atom stereocenters. The summed E-state index contributed by atoms with van der Waals surface area (Å²) < 4.78 is 2.08. The molecule has 0 fully saturated rings. The first-order valence-electron chi connectivity index (χ1n) is 5.30. The zero-order valence-electron chi connectivity index (χ0n) is 9.16. The predicted molar refractivity (Wildman–Crippen MR) is 67.9 cm³/mol. The van der Waals surface area contributed by atoms with E-state index in [1.54, 1.807) is 6.20 Å². The lowest BCUT2D eigenvalue weighted by molar-refractivity contribution is 0.886. The molecule has 1 aromatic rings. The molecule has 0 saturated heterocycles. The Morgan fingerprint density at radius 1 is 1.29 bits per heavy atom. The highest BCUT2D eigenvalue weighted by atomic mass is 15.0. The van der Waals surface area contributed by atoms with Gasteiger partial charge in [-0.25, -0.2) is 4.98 Å². The van der Waals surface area contributed by atoms with Gasteiger partial charge in [-0.15, -0.1) is 13.1 Å². The lowest BCUT2D eigenvalue weighted by atomic mass is 9.62. The second-order valence-corrected chi connectivity index (χ2v) is 3.38. The molecule has 0 aliphatic heterocycles. The van der Waals surface area contributed by atoms with Crippen molar-refractivity contribution in [1.29, 1.82) is 0 Å². The Morgan fingerprint density at radius 3 is 2.14 bits per heavy atom. The first kappa shape index (κ1) is 15.6. The van der Waals surface area contributed by atoms with Crippen LogP contribution in [0.1, 0.15) is 41.0 Å². The van der Waals surface area contributed by atoms with Crippen LogP contribution in [0.15, 0.2) is 18.7 Å². The van der Waals surface area contributed by atoms with Crippen LogP contribution in [0.2, 0.25) is 6.32 Å². The Kier molecular flexibility index (Phi) is 11.4. The third-order valence-electron chi connectivity index (χ3n) is 2.15. The molecule has 1 aromatic heterocycles. The number of imidazole rings is 1. The zero-order chi connectivity index (χ0) is 10.1. The predicted octanol–water partition coefficient (Wildman–Crippen LogP) is 3.29. The molecular formula is C11H25BN2. The van der Waals surface area contributed by atoms with Crippen molar-refractivity contribution in [2.45, 2.75) is 47.4 Å². The highest BCUT2D eigenvalue weighted by Crippen LogP contribution is 1.93. The molecule has 0 N–H and O–H groups in total. The fourth-order valence-corrected chi connectivity index (χ4v) is 0.809. The average molecular weight is 196 g/mol. The highest BCUT2D eigenvalue weighted by Gasteiger charge is 2.00. The van der Waals surface area contributed by atoms with Gasteiger partial charge in [-0.1, -0.05) is 41.0 Å². The van der Waals surface area contributed by atoms with E-state index in [1.165, 1.54) is 12.8 Å². The Labute approximate surface area is 89.8 Å². The first-order chi connectivity index (χ1) is 6.26. The summed E-state index contributed by atoms with van der Waals surface area (Å²) in [6.45, 7) is 10.1. The van der Waals surface area contributed by atoms with Crippen LogP contribution < -0.4 is 0 Å². The van der Waals surface area contributed by atoms with Gasteiger partial charge in [0.25, 0.3) is 6.85 Å². The maximum atomic E-state index is 4.01. The topological polar surface area (TPSA) is 17.8 Å². The average Bonchev–Trinajstić information content (AvgIpc) is 2.70. The Morgan fingerprint density at radius 2 is 1.86 bits per heavy atom. The standard InChI is InChI=1S/C6H11BN2.C4H10.CH4/c1-3-7(2)9-5-4-8-6-9;1-3-4-2;/h4-7H,2-3H2,1H3;3-4H2,1-2H3;1H4. The molecule has 1 rings (SSSR count). The van der Waals surface area contributed by atoms with E-state index in [0.717, 1.165) is 6.32 Å². The van der Waals surface area contributed by atoms with Crippen molar-refractivity contribution >= 4 is 6.85 Å². The summed E-state index contributed by atoms with van der Waals surface area (Å²) in [6.07, 6.45) is 9.37. The van der Waals surface area contributed by atoms with Crippen molar-refractivity contribution < 1.29 is 0 Å². The molecule has 82 valence electrons. The quantitative estimate of drug-likeness (QED) is 0.535. The van der Waals surface area contributed by atoms with Crippen molar-refractivity contribution in [2.24, 2.45) is 0 Å². The van der Waals surface area contributed by atoms with E-state index in [4.69, 9.17) is 0 Å². The van der Waals surface area contributed by atoms with Crippen molar-refractivity contribution in [3.63, 3.8) is 0 Å². The zero-order valence-corrected chi connectivity index (χ0v) is 9.16. The molecule has 1 heterocycles. The van der Waals surface area contributed by atoms with Crippen molar-refractivity contribution in [1.82, 2.24) is 9.46 Å². The number of rotatable bonds is 3. The number of unbranched alkanes of at least 4 members (excludes halogenated alkanes) is 1. The maximum Gasteiger partial charge on any atom is 0.275 e. The SMILES string of the molecule is C.CCCC.[CH2+][BH-](CC)n1ccnc1. The number of hydrogen-bond donors (Lipinski definition) is 0. The van der Waals surface area contributed by atoms with Gasteiger partial charge in [0.05, 0.1) is 6.33 Å². The molecule has 3 heteroatoms. The van der Waals surface area contributed by atoms with Crippen LogP contribution in [0.3, 0.4) is 0 Å². The summed E-state index contributed by atoms with van der Waals surface area (Å²) in [7, 11) is 0. The summed E-state index contributed by atoms with van der Waals surface area (Å²) in [6, 6.07) is 0. The molecule has 0 amide bonds. The van der Waals surface area contributed by atoms with E-state index in [0.29, 0.717) is 0 Å². The van der Waals surface area contributed by atoms with Gasteiger partial charge in [0.15, 0.2) is 0 Å². The summed E-state index contributed by atoms with van der Waals surface area (Å²) in [5.41, 5.74) is 0. The van der Waals surface area contributed by atoms with Crippen LogP contribution in [0.5, 0.6) is 0 Å². The van der Waals surface area contributed by atoms with Crippen molar-refractivity contribution in [3.05, 3.63) is 25.5 Å². The van der Waals surface area contributed by atoms with E-state index >= 15 is 0 Å². The molecule has 0 radical (unpaired) electrons. The molecule has 0 bridgehead atoms. The highest BCUT2D eigenvalue weighted by molar-refractivity contribution is 6.58. The minimum atomic E-state index is -0.396. The smallest absolute Gasteiger partial charge is 0.275 e. The Bertz CT molecular complexity index is 183. The van der Waals surface area contributed by atoms with Gasteiger partial charge in [-0.2, -0.15) is 0 Å². The van der Waals surface area contributed by atoms with Crippen LogP contribution in [0.4, 0.5) is 0 Å². The van der Waals surface area contributed by atoms with Crippen LogP contribution in [0.25, 0.3) is 0 Å². The molecule has 0 saturated carbocycles. The third kappa shape index (κ3) is 6.64. The molecule has 1 unspecified atom stereocenters.